The van der Waals surface area contributed by atoms with Crippen molar-refractivity contribution in [1.29, 1.82) is 0 Å². The Labute approximate surface area is 170 Å². The molecule has 0 unspecified atom stereocenters. The van der Waals surface area contributed by atoms with Crippen molar-refractivity contribution in [3.8, 4) is 5.75 Å². The van der Waals surface area contributed by atoms with E-state index in [2.05, 4.69) is 19.2 Å². The second kappa shape index (κ2) is 8.94. The summed E-state index contributed by atoms with van der Waals surface area (Å²) < 4.78 is 6.82. The van der Waals surface area contributed by atoms with Crippen LogP contribution in [0, 0.1) is 0 Å². The van der Waals surface area contributed by atoms with Gasteiger partial charge in [0.1, 0.15) is 11.4 Å². The van der Waals surface area contributed by atoms with Crippen LogP contribution < -0.4 is 15.6 Å². The fraction of sp³-hybridized carbons (Fsp3) is 0.409. The van der Waals surface area contributed by atoms with E-state index < -0.39 is 5.91 Å². The van der Waals surface area contributed by atoms with E-state index in [9.17, 15) is 14.4 Å². The van der Waals surface area contributed by atoms with E-state index in [4.69, 9.17) is 4.74 Å². The van der Waals surface area contributed by atoms with E-state index in [1.807, 2.05) is 24.3 Å². The number of aryl methyl sites for hydroxylation is 1. The Morgan fingerprint density at radius 2 is 1.79 bits per heavy atom. The summed E-state index contributed by atoms with van der Waals surface area (Å²) in [4.78, 5) is 39.0. The molecular weight excluding hydrogens is 370 g/mol. The van der Waals surface area contributed by atoms with Gasteiger partial charge in [-0.3, -0.25) is 14.4 Å². The number of anilines is 1. The molecule has 1 fully saturated rings. The molecule has 3 rings (SSSR count). The van der Waals surface area contributed by atoms with E-state index in [0.717, 1.165) is 12.8 Å². The van der Waals surface area contributed by atoms with Gasteiger partial charge in [0.05, 0.1) is 5.56 Å². The van der Waals surface area contributed by atoms with Crippen LogP contribution in [0.3, 0.4) is 0 Å². The molecule has 1 aromatic carbocycles. The Morgan fingerprint density at radius 1 is 1.14 bits per heavy atom. The first-order chi connectivity index (χ1) is 13.8. The third-order valence-corrected chi connectivity index (χ3v) is 5.01. The second-order valence-corrected chi connectivity index (χ2v) is 7.62. The highest BCUT2D eigenvalue weighted by Crippen LogP contribution is 2.18. The van der Waals surface area contributed by atoms with Gasteiger partial charge in [-0.25, -0.2) is 0 Å². The highest BCUT2D eigenvalue weighted by atomic mass is 16.5. The number of hydrogen-bond acceptors (Lipinski definition) is 4. The SMILES string of the molecule is CC(C)c1ccc(OCC(=O)Nc2cc(C(=O)N3CCCC3)cn(C)c2=O)cc1. The molecule has 2 heterocycles. The van der Waals surface area contributed by atoms with Crippen molar-refractivity contribution in [2.45, 2.75) is 32.6 Å². The summed E-state index contributed by atoms with van der Waals surface area (Å²) in [5, 5.41) is 2.57. The zero-order chi connectivity index (χ0) is 21.0. The molecule has 1 aromatic heterocycles. The maximum absolute atomic E-state index is 12.6. The van der Waals surface area contributed by atoms with Crippen LogP contribution in [0.2, 0.25) is 0 Å². The number of hydrogen-bond donors (Lipinski definition) is 1. The molecule has 0 spiro atoms. The zero-order valence-corrected chi connectivity index (χ0v) is 17.1. The lowest BCUT2D eigenvalue weighted by Crippen LogP contribution is -2.31. The fourth-order valence-electron chi connectivity index (χ4n) is 3.31. The monoisotopic (exact) mass is 397 g/mol. The fourth-order valence-corrected chi connectivity index (χ4v) is 3.31. The summed E-state index contributed by atoms with van der Waals surface area (Å²) in [6.07, 6.45) is 3.47. The minimum absolute atomic E-state index is 0.0707. The standard InChI is InChI=1S/C22H27N3O4/c1-15(2)16-6-8-18(9-7-16)29-14-20(26)23-19-12-17(13-24(3)22(19)28)21(27)25-10-4-5-11-25/h6-9,12-13,15H,4-5,10-11,14H2,1-3H3,(H,23,26). The zero-order valence-electron chi connectivity index (χ0n) is 17.1. The number of amides is 2. The lowest BCUT2D eigenvalue weighted by molar-refractivity contribution is -0.118. The van der Waals surface area contributed by atoms with Crippen molar-refractivity contribution in [1.82, 2.24) is 9.47 Å². The highest BCUT2D eigenvalue weighted by Gasteiger charge is 2.21. The summed E-state index contributed by atoms with van der Waals surface area (Å²) in [5.74, 6) is 0.408. The van der Waals surface area contributed by atoms with Gasteiger partial charge in [0.25, 0.3) is 17.4 Å². The number of carbonyl (C=O) groups is 2. The van der Waals surface area contributed by atoms with Crippen LogP contribution >= 0.6 is 0 Å². The van der Waals surface area contributed by atoms with Gasteiger partial charge in [-0.1, -0.05) is 26.0 Å². The van der Waals surface area contributed by atoms with Gasteiger partial charge in [-0.15, -0.1) is 0 Å². The number of ether oxygens (including phenoxy) is 1. The van der Waals surface area contributed by atoms with Crippen molar-refractivity contribution in [3.63, 3.8) is 0 Å². The molecule has 1 N–H and O–H groups in total. The number of pyridine rings is 1. The van der Waals surface area contributed by atoms with Gasteiger partial charge < -0.3 is 19.5 Å². The number of likely N-dealkylation sites (tertiary alicyclic amines) is 1. The Hall–Kier alpha value is -3.09. The van der Waals surface area contributed by atoms with Crippen LogP contribution in [0.5, 0.6) is 5.75 Å². The summed E-state index contributed by atoms with van der Waals surface area (Å²) in [6.45, 7) is 5.41. The third-order valence-electron chi connectivity index (χ3n) is 5.01. The third kappa shape index (κ3) is 5.04. The summed E-state index contributed by atoms with van der Waals surface area (Å²) in [7, 11) is 1.56. The summed E-state index contributed by atoms with van der Waals surface area (Å²) in [6, 6.07) is 8.99. The van der Waals surface area contributed by atoms with E-state index >= 15 is 0 Å². The number of benzene rings is 1. The first kappa shape index (κ1) is 20.6. The van der Waals surface area contributed by atoms with Crippen molar-refractivity contribution in [2.24, 2.45) is 7.05 Å². The maximum Gasteiger partial charge on any atom is 0.274 e. The van der Waals surface area contributed by atoms with Crippen LogP contribution in [0.1, 0.15) is 48.5 Å². The molecule has 0 bridgehead atoms. The van der Waals surface area contributed by atoms with Crippen LogP contribution in [0.15, 0.2) is 41.3 Å². The molecule has 154 valence electrons. The predicted octanol–water partition coefficient (Wildman–Crippen LogP) is 2.76. The molecule has 0 saturated carbocycles. The topological polar surface area (TPSA) is 80.6 Å². The Morgan fingerprint density at radius 3 is 2.41 bits per heavy atom. The molecule has 0 aliphatic carbocycles. The van der Waals surface area contributed by atoms with Gasteiger partial charge in [0, 0.05) is 26.3 Å². The Bertz CT molecular complexity index is 942. The molecule has 2 aromatic rings. The van der Waals surface area contributed by atoms with Gasteiger partial charge in [0.15, 0.2) is 6.61 Å². The van der Waals surface area contributed by atoms with Gasteiger partial charge in [0.2, 0.25) is 0 Å². The van der Waals surface area contributed by atoms with Crippen LogP contribution in [0.4, 0.5) is 5.69 Å². The highest BCUT2D eigenvalue weighted by molar-refractivity contribution is 5.97. The van der Waals surface area contributed by atoms with E-state index in [-0.39, 0.29) is 23.8 Å². The lowest BCUT2D eigenvalue weighted by Gasteiger charge is -2.16. The maximum atomic E-state index is 12.6. The van der Waals surface area contributed by atoms with Crippen molar-refractivity contribution in [3.05, 3.63) is 58.0 Å². The molecule has 2 amide bonds. The number of rotatable bonds is 6. The van der Waals surface area contributed by atoms with Crippen LogP contribution in [-0.4, -0.2) is 41.0 Å². The van der Waals surface area contributed by atoms with Crippen LogP contribution in [0.25, 0.3) is 0 Å². The largest absolute Gasteiger partial charge is 0.484 e. The van der Waals surface area contributed by atoms with Gasteiger partial charge >= 0.3 is 0 Å². The Balaban J connectivity index is 1.66. The molecular formula is C22H27N3O4. The Kier molecular flexibility index (Phi) is 6.36. The lowest BCUT2D eigenvalue weighted by atomic mass is 10.0. The molecule has 0 radical (unpaired) electrons. The molecule has 1 aliphatic heterocycles. The predicted molar refractivity (Wildman–Crippen MR) is 111 cm³/mol. The van der Waals surface area contributed by atoms with E-state index in [1.54, 1.807) is 11.9 Å². The molecule has 7 heteroatoms. The average Bonchev–Trinajstić information content (AvgIpc) is 3.24. The summed E-state index contributed by atoms with van der Waals surface area (Å²) in [5.41, 5.74) is 1.26. The minimum Gasteiger partial charge on any atom is -0.484 e. The number of aromatic nitrogens is 1. The molecule has 29 heavy (non-hydrogen) atoms. The van der Waals surface area contributed by atoms with Gasteiger partial charge in [-0.05, 0) is 42.5 Å². The van der Waals surface area contributed by atoms with Crippen molar-refractivity contribution < 1.29 is 14.3 Å². The minimum atomic E-state index is -0.458. The normalized spacial score (nSPS) is 13.6. The van der Waals surface area contributed by atoms with Crippen molar-refractivity contribution >= 4 is 17.5 Å². The molecule has 1 aliphatic rings. The number of nitrogens with one attached hydrogen (secondary N) is 1. The first-order valence-electron chi connectivity index (χ1n) is 9.87. The quantitative estimate of drug-likeness (QED) is 0.813. The van der Waals surface area contributed by atoms with Crippen LogP contribution in [-0.2, 0) is 11.8 Å². The number of nitrogens with zero attached hydrogens (tertiary/aromatic N) is 2. The second-order valence-electron chi connectivity index (χ2n) is 7.62. The first-order valence-corrected chi connectivity index (χ1v) is 9.87. The smallest absolute Gasteiger partial charge is 0.274 e. The van der Waals surface area contributed by atoms with E-state index in [0.29, 0.717) is 30.3 Å². The van der Waals surface area contributed by atoms with Gasteiger partial charge in [-0.2, -0.15) is 0 Å². The van der Waals surface area contributed by atoms with E-state index in [1.165, 1.54) is 22.4 Å². The van der Waals surface area contributed by atoms with Crippen molar-refractivity contribution in [2.75, 3.05) is 25.0 Å². The number of carbonyl (C=O) groups excluding carboxylic acids is 2. The molecule has 7 nitrogen and oxygen atoms in total. The molecule has 0 atom stereocenters. The molecule has 1 saturated heterocycles. The summed E-state index contributed by atoms with van der Waals surface area (Å²) >= 11 is 0. The average molecular weight is 397 g/mol.